The average Bonchev–Trinajstić information content (AvgIpc) is 3.30. The molecule has 29 heavy (non-hydrogen) atoms. The van der Waals surface area contributed by atoms with Crippen LogP contribution in [0.4, 0.5) is 17.6 Å². The van der Waals surface area contributed by atoms with Crippen molar-refractivity contribution < 1.29 is 22.0 Å². The zero-order valence-corrected chi connectivity index (χ0v) is 15.5. The highest BCUT2D eigenvalue weighted by molar-refractivity contribution is 6.32. The highest BCUT2D eigenvalue weighted by atomic mass is 35.5. The molecule has 10 heteroatoms. The number of aromatic amines is 1. The van der Waals surface area contributed by atoms with Gasteiger partial charge in [-0.25, -0.2) is 4.39 Å². The number of hydrogen-bond donors (Lipinski definition) is 1. The number of rotatable bonds is 5. The molecule has 0 saturated carbocycles. The topological polar surface area (TPSA) is 67.6 Å². The van der Waals surface area contributed by atoms with E-state index in [1.807, 2.05) is 0 Å². The zero-order valence-electron chi connectivity index (χ0n) is 14.7. The Morgan fingerprint density at radius 1 is 1.03 bits per heavy atom. The molecule has 0 amide bonds. The molecule has 0 saturated heterocycles. The Bertz CT molecular complexity index is 1160. The van der Waals surface area contributed by atoms with Crippen molar-refractivity contribution in [3.05, 3.63) is 63.9 Å². The maximum Gasteiger partial charge on any atom is 0.393 e. The molecular formula is C19H13ClF4N4O. The van der Waals surface area contributed by atoms with Gasteiger partial charge >= 0.3 is 6.18 Å². The Morgan fingerprint density at radius 2 is 1.86 bits per heavy atom. The predicted molar refractivity (Wildman–Crippen MR) is 98.0 cm³/mol. The van der Waals surface area contributed by atoms with Crippen molar-refractivity contribution in [2.45, 2.75) is 25.4 Å². The van der Waals surface area contributed by atoms with Crippen LogP contribution in [0.2, 0.25) is 5.02 Å². The Hall–Kier alpha value is -2.94. The van der Waals surface area contributed by atoms with Crippen molar-refractivity contribution in [2.24, 2.45) is 0 Å². The van der Waals surface area contributed by atoms with Gasteiger partial charge < -0.3 is 4.42 Å². The molecule has 0 unspecified atom stereocenters. The van der Waals surface area contributed by atoms with Gasteiger partial charge in [0, 0.05) is 10.4 Å². The quantitative estimate of drug-likeness (QED) is 0.442. The summed E-state index contributed by atoms with van der Waals surface area (Å²) in [6.45, 7) is 0. The number of nitrogens with one attached hydrogen (secondary N) is 1. The largest absolute Gasteiger partial charge is 0.453 e. The van der Waals surface area contributed by atoms with Crippen molar-refractivity contribution in [1.29, 1.82) is 0 Å². The summed E-state index contributed by atoms with van der Waals surface area (Å²) in [7, 11) is 0. The molecule has 0 bridgehead atoms. The summed E-state index contributed by atoms with van der Waals surface area (Å²) in [4.78, 5) is 0. The van der Waals surface area contributed by atoms with Crippen LogP contribution < -0.4 is 0 Å². The minimum Gasteiger partial charge on any atom is -0.453 e. The van der Waals surface area contributed by atoms with Gasteiger partial charge in [0.15, 0.2) is 5.76 Å². The van der Waals surface area contributed by atoms with E-state index in [0.717, 1.165) is 17.0 Å². The lowest BCUT2D eigenvalue weighted by atomic mass is 10.0. The Morgan fingerprint density at radius 3 is 2.59 bits per heavy atom. The second-order valence-corrected chi connectivity index (χ2v) is 6.95. The van der Waals surface area contributed by atoms with Gasteiger partial charge in [0.2, 0.25) is 5.82 Å². The highest BCUT2D eigenvalue weighted by Gasteiger charge is 2.29. The molecule has 0 aliphatic heterocycles. The molecule has 4 aromatic rings. The van der Waals surface area contributed by atoms with Gasteiger partial charge in [-0.2, -0.15) is 18.4 Å². The zero-order chi connectivity index (χ0) is 20.6. The molecular weight excluding hydrogens is 412 g/mol. The fraction of sp³-hybridized carbons (Fsp3) is 0.211. The standard InChI is InChI=1S/C19H13ClF4N4O/c20-14-6-12-8-17(18-25-27-28-26-18)29-16(12)7-11(14)3-1-10-2-4-15(21)13(5-10)9-19(22,23)24/h2,4-8H,1,3,9H2,(H,25,26,27,28). The molecule has 0 spiro atoms. The van der Waals surface area contributed by atoms with Gasteiger partial charge in [-0.15, -0.1) is 10.2 Å². The number of H-pyrrole nitrogens is 1. The molecule has 0 aliphatic rings. The molecule has 0 fully saturated rings. The Kier molecular flexibility index (Phi) is 4.99. The first-order valence-electron chi connectivity index (χ1n) is 8.58. The number of fused-ring (bicyclic) bond motifs is 1. The van der Waals surface area contributed by atoms with Crippen LogP contribution >= 0.6 is 11.6 Å². The fourth-order valence-electron chi connectivity index (χ4n) is 3.08. The van der Waals surface area contributed by atoms with E-state index in [4.69, 9.17) is 16.0 Å². The third-order valence-corrected chi connectivity index (χ3v) is 4.79. The van der Waals surface area contributed by atoms with E-state index in [0.29, 0.717) is 40.6 Å². The molecule has 150 valence electrons. The van der Waals surface area contributed by atoms with Gasteiger partial charge in [-0.05, 0) is 59.0 Å². The van der Waals surface area contributed by atoms with Crippen molar-refractivity contribution >= 4 is 22.6 Å². The van der Waals surface area contributed by atoms with Crippen LogP contribution in [0.5, 0.6) is 0 Å². The van der Waals surface area contributed by atoms with E-state index in [9.17, 15) is 17.6 Å². The van der Waals surface area contributed by atoms with E-state index in [2.05, 4.69) is 20.6 Å². The van der Waals surface area contributed by atoms with Crippen LogP contribution in [-0.4, -0.2) is 26.8 Å². The molecule has 4 rings (SSSR count). The van der Waals surface area contributed by atoms with Crippen molar-refractivity contribution in [2.75, 3.05) is 0 Å². The van der Waals surface area contributed by atoms with Gasteiger partial charge in [-0.3, -0.25) is 0 Å². The monoisotopic (exact) mass is 424 g/mol. The number of aryl methyl sites for hydroxylation is 2. The Balaban J connectivity index is 1.55. The van der Waals surface area contributed by atoms with Crippen LogP contribution in [0.25, 0.3) is 22.6 Å². The molecule has 2 heterocycles. The third-order valence-electron chi connectivity index (χ3n) is 4.44. The molecule has 5 nitrogen and oxygen atoms in total. The summed E-state index contributed by atoms with van der Waals surface area (Å²) in [5.41, 5.74) is 1.55. The SMILES string of the molecule is Fc1ccc(CCc2cc3oc(-c4nn[nH]n4)cc3cc2Cl)cc1CC(F)(F)F. The van der Waals surface area contributed by atoms with Gasteiger partial charge in [-0.1, -0.05) is 23.7 Å². The smallest absolute Gasteiger partial charge is 0.393 e. The minimum absolute atomic E-state index is 0.308. The van der Waals surface area contributed by atoms with E-state index in [1.54, 1.807) is 18.2 Å². The number of tetrazole rings is 1. The second-order valence-electron chi connectivity index (χ2n) is 6.55. The fourth-order valence-corrected chi connectivity index (χ4v) is 3.35. The first kappa shape index (κ1) is 19.4. The Labute approximate surface area is 166 Å². The molecule has 2 aromatic carbocycles. The number of halogens is 5. The maximum absolute atomic E-state index is 13.7. The van der Waals surface area contributed by atoms with Crippen molar-refractivity contribution in [1.82, 2.24) is 20.6 Å². The van der Waals surface area contributed by atoms with Crippen LogP contribution in [-0.2, 0) is 19.3 Å². The summed E-state index contributed by atoms with van der Waals surface area (Å²) in [6.07, 6.45) is -4.92. The van der Waals surface area contributed by atoms with Crippen molar-refractivity contribution in [3.63, 3.8) is 0 Å². The van der Waals surface area contributed by atoms with E-state index < -0.39 is 18.4 Å². The van der Waals surface area contributed by atoms with E-state index in [1.165, 1.54) is 12.1 Å². The maximum atomic E-state index is 13.7. The van der Waals surface area contributed by atoms with Gasteiger partial charge in [0.05, 0.1) is 6.42 Å². The minimum atomic E-state index is -4.47. The number of hydrogen-bond acceptors (Lipinski definition) is 4. The third kappa shape index (κ3) is 4.40. The van der Waals surface area contributed by atoms with Crippen molar-refractivity contribution in [3.8, 4) is 11.6 Å². The van der Waals surface area contributed by atoms with Gasteiger partial charge in [0.1, 0.15) is 11.4 Å². The average molecular weight is 425 g/mol. The number of benzene rings is 2. The highest BCUT2D eigenvalue weighted by Crippen LogP contribution is 2.31. The summed E-state index contributed by atoms with van der Waals surface area (Å²) < 4.78 is 57.2. The lowest BCUT2D eigenvalue weighted by molar-refractivity contribution is -0.127. The summed E-state index contributed by atoms with van der Waals surface area (Å²) >= 11 is 6.35. The van der Waals surface area contributed by atoms with E-state index in [-0.39, 0.29) is 5.56 Å². The summed E-state index contributed by atoms with van der Waals surface area (Å²) in [5, 5.41) is 14.8. The number of furan rings is 1. The van der Waals surface area contributed by atoms with Gasteiger partial charge in [0.25, 0.3) is 0 Å². The number of nitrogens with zero attached hydrogens (tertiary/aromatic N) is 3. The summed E-state index contributed by atoms with van der Waals surface area (Å²) in [5.74, 6) is -0.130. The predicted octanol–water partition coefficient (Wildman–Crippen LogP) is 5.30. The first-order chi connectivity index (χ1) is 13.8. The van der Waals surface area contributed by atoms with Crippen LogP contribution in [0, 0.1) is 5.82 Å². The summed E-state index contributed by atoms with van der Waals surface area (Å²) in [6, 6.07) is 9.02. The molecule has 2 aromatic heterocycles. The number of alkyl halides is 3. The second kappa shape index (κ2) is 7.47. The van der Waals surface area contributed by atoms with Crippen LogP contribution in [0.1, 0.15) is 16.7 Å². The van der Waals surface area contributed by atoms with E-state index >= 15 is 0 Å². The lowest BCUT2D eigenvalue weighted by Crippen LogP contribution is -2.13. The van der Waals surface area contributed by atoms with Crippen LogP contribution in [0.3, 0.4) is 0 Å². The molecule has 0 radical (unpaired) electrons. The number of aromatic nitrogens is 4. The lowest BCUT2D eigenvalue weighted by Gasteiger charge is -2.10. The first-order valence-corrected chi connectivity index (χ1v) is 8.96. The normalized spacial score (nSPS) is 12.0. The van der Waals surface area contributed by atoms with Crippen LogP contribution in [0.15, 0.2) is 40.8 Å². The molecule has 1 N–H and O–H groups in total. The molecule has 0 aliphatic carbocycles. The molecule has 0 atom stereocenters.